The smallest absolute Gasteiger partial charge is 0.328 e. The van der Waals surface area contributed by atoms with E-state index in [2.05, 4.69) is 4.98 Å². The fourth-order valence-electron chi connectivity index (χ4n) is 2.45. The highest BCUT2D eigenvalue weighted by Gasteiger charge is 2.50. The fourth-order valence-corrected chi connectivity index (χ4v) is 2.45. The van der Waals surface area contributed by atoms with Gasteiger partial charge in [0.15, 0.2) is 0 Å². The second kappa shape index (κ2) is 4.34. The Morgan fingerprint density at radius 1 is 1.50 bits per heavy atom. The van der Waals surface area contributed by atoms with Crippen LogP contribution in [0.4, 0.5) is 0 Å². The lowest BCUT2D eigenvalue weighted by Gasteiger charge is -2.25. The van der Waals surface area contributed by atoms with Crippen LogP contribution in [0.3, 0.4) is 0 Å². The minimum Gasteiger partial charge on any atom is -0.396 e. The van der Waals surface area contributed by atoms with E-state index < -0.39 is 34.9 Å². The molecule has 1 aliphatic rings. The Bertz CT molecular complexity index is 551. The lowest BCUT2D eigenvalue weighted by atomic mass is 9.87. The summed E-state index contributed by atoms with van der Waals surface area (Å²) in [5, 5.41) is 29.1. The van der Waals surface area contributed by atoms with E-state index in [1.807, 2.05) is 0 Å². The maximum absolute atomic E-state index is 11.6. The molecule has 1 saturated carbocycles. The molecule has 1 unspecified atom stereocenters. The first-order valence-corrected chi connectivity index (χ1v) is 5.67. The number of H-pyrrole nitrogens is 1. The molecule has 0 radical (unpaired) electrons. The lowest BCUT2D eigenvalue weighted by molar-refractivity contribution is -0.0407. The van der Waals surface area contributed by atoms with E-state index in [0.29, 0.717) is 0 Å². The molecule has 100 valence electrons. The first-order chi connectivity index (χ1) is 8.39. The van der Waals surface area contributed by atoms with Crippen molar-refractivity contribution in [1.82, 2.24) is 9.55 Å². The minimum atomic E-state index is -1.16. The fraction of sp³-hybridized carbons (Fsp3) is 0.636. The first kappa shape index (κ1) is 13.0. The summed E-state index contributed by atoms with van der Waals surface area (Å²) in [4.78, 5) is 24.7. The molecule has 1 aliphatic carbocycles. The Kier molecular flexibility index (Phi) is 3.14. The average molecular weight is 256 g/mol. The van der Waals surface area contributed by atoms with Gasteiger partial charge in [0.25, 0.3) is 5.56 Å². The number of rotatable bonds is 2. The summed E-state index contributed by atoms with van der Waals surface area (Å²) < 4.78 is 1.18. The SMILES string of the molecule is C[C@]1(CO)C[C@@H](n2ccc(=O)[nH]c2=O)C(O)[C@H]1O. The number of hydrogen-bond donors (Lipinski definition) is 4. The van der Waals surface area contributed by atoms with Crippen molar-refractivity contribution in [3.05, 3.63) is 33.1 Å². The Hall–Kier alpha value is -1.44. The summed E-state index contributed by atoms with van der Waals surface area (Å²) in [6, 6.07) is 0.510. The molecular formula is C11H16N2O5. The number of aromatic amines is 1. The number of aliphatic hydroxyl groups is 3. The summed E-state index contributed by atoms with van der Waals surface area (Å²) in [5.41, 5.74) is -2.02. The van der Waals surface area contributed by atoms with Crippen LogP contribution in [0.25, 0.3) is 0 Å². The van der Waals surface area contributed by atoms with Crippen LogP contribution >= 0.6 is 0 Å². The van der Waals surface area contributed by atoms with Crippen LogP contribution in [-0.4, -0.2) is 43.7 Å². The van der Waals surface area contributed by atoms with E-state index in [4.69, 9.17) is 0 Å². The van der Waals surface area contributed by atoms with Gasteiger partial charge in [-0.3, -0.25) is 14.3 Å². The van der Waals surface area contributed by atoms with Gasteiger partial charge in [-0.05, 0) is 6.42 Å². The third kappa shape index (κ3) is 1.90. The van der Waals surface area contributed by atoms with Crippen molar-refractivity contribution in [2.45, 2.75) is 31.6 Å². The Labute approximate surface area is 102 Å². The zero-order valence-electron chi connectivity index (χ0n) is 9.91. The van der Waals surface area contributed by atoms with Crippen LogP contribution in [0.1, 0.15) is 19.4 Å². The van der Waals surface area contributed by atoms with Crippen molar-refractivity contribution in [2.24, 2.45) is 5.41 Å². The van der Waals surface area contributed by atoms with Crippen molar-refractivity contribution in [2.75, 3.05) is 6.61 Å². The third-order valence-corrected chi connectivity index (χ3v) is 3.68. The van der Waals surface area contributed by atoms with E-state index >= 15 is 0 Å². The highest BCUT2D eigenvalue weighted by atomic mass is 16.3. The van der Waals surface area contributed by atoms with E-state index in [-0.39, 0.29) is 13.0 Å². The highest BCUT2D eigenvalue weighted by Crippen LogP contribution is 2.43. The summed E-state index contributed by atoms with van der Waals surface area (Å²) in [6.45, 7) is 1.34. The number of hydrogen-bond acceptors (Lipinski definition) is 5. The molecular weight excluding hydrogens is 240 g/mol. The zero-order valence-corrected chi connectivity index (χ0v) is 9.91. The number of nitrogens with one attached hydrogen (secondary N) is 1. The second-order valence-electron chi connectivity index (χ2n) is 5.04. The number of nitrogens with zero attached hydrogens (tertiary/aromatic N) is 1. The summed E-state index contributed by atoms with van der Waals surface area (Å²) in [5.74, 6) is 0. The molecule has 2 rings (SSSR count). The van der Waals surface area contributed by atoms with Gasteiger partial charge >= 0.3 is 5.69 Å². The van der Waals surface area contributed by atoms with Crippen LogP contribution in [-0.2, 0) is 0 Å². The molecule has 0 spiro atoms. The van der Waals surface area contributed by atoms with Gasteiger partial charge in [-0.2, -0.15) is 0 Å². The largest absolute Gasteiger partial charge is 0.396 e. The molecule has 4 atom stereocenters. The first-order valence-electron chi connectivity index (χ1n) is 5.67. The van der Waals surface area contributed by atoms with Crippen molar-refractivity contribution in [1.29, 1.82) is 0 Å². The van der Waals surface area contributed by atoms with Crippen molar-refractivity contribution < 1.29 is 15.3 Å². The van der Waals surface area contributed by atoms with Crippen LogP contribution in [0, 0.1) is 5.41 Å². The van der Waals surface area contributed by atoms with Crippen molar-refractivity contribution in [3.63, 3.8) is 0 Å². The molecule has 0 aliphatic heterocycles. The Balaban J connectivity index is 2.41. The maximum Gasteiger partial charge on any atom is 0.328 e. The molecule has 0 aromatic carbocycles. The molecule has 0 amide bonds. The monoisotopic (exact) mass is 256 g/mol. The van der Waals surface area contributed by atoms with Crippen molar-refractivity contribution in [3.8, 4) is 0 Å². The molecule has 18 heavy (non-hydrogen) atoms. The average Bonchev–Trinajstić information content (AvgIpc) is 2.55. The zero-order chi connectivity index (χ0) is 13.5. The Morgan fingerprint density at radius 3 is 2.67 bits per heavy atom. The summed E-state index contributed by atoms with van der Waals surface area (Å²) in [7, 11) is 0. The molecule has 0 bridgehead atoms. The lowest BCUT2D eigenvalue weighted by Crippen LogP contribution is -2.38. The summed E-state index contributed by atoms with van der Waals surface area (Å²) >= 11 is 0. The number of aliphatic hydroxyl groups excluding tert-OH is 3. The molecule has 1 aromatic rings. The van der Waals surface area contributed by atoms with Gasteiger partial charge < -0.3 is 15.3 Å². The quantitative estimate of drug-likeness (QED) is 0.498. The molecule has 1 aromatic heterocycles. The Morgan fingerprint density at radius 2 is 2.17 bits per heavy atom. The summed E-state index contributed by atoms with van der Waals surface area (Å²) in [6.07, 6.45) is -0.750. The van der Waals surface area contributed by atoms with E-state index in [1.54, 1.807) is 6.92 Å². The highest BCUT2D eigenvalue weighted by molar-refractivity contribution is 5.03. The van der Waals surface area contributed by atoms with Gasteiger partial charge in [-0.1, -0.05) is 6.92 Å². The van der Waals surface area contributed by atoms with Gasteiger partial charge in [0.05, 0.1) is 18.8 Å². The van der Waals surface area contributed by atoms with E-state index in [0.717, 1.165) is 0 Å². The predicted octanol–water partition coefficient (Wildman–Crippen LogP) is -1.80. The van der Waals surface area contributed by atoms with Gasteiger partial charge in [-0.15, -0.1) is 0 Å². The maximum atomic E-state index is 11.6. The molecule has 0 saturated heterocycles. The van der Waals surface area contributed by atoms with Gasteiger partial charge in [-0.25, -0.2) is 4.79 Å². The van der Waals surface area contributed by atoms with Gasteiger partial charge in [0.2, 0.25) is 0 Å². The van der Waals surface area contributed by atoms with Gasteiger partial charge in [0.1, 0.15) is 6.10 Å². The van der Waals surface area contributed by atoms with Crippen LogP contribution in [0.15, 0.2) is 21.9 Å². The second-order valence-corrected chi connectivity index (χ2v) is 5.04. The van der Waals surface area contributed by atoms with Gasteiger partial charge in [0, 0.05) is 17.7 Å². The molecule has 4 N–H and O–H groups in total. The van der Waals surface area contributed by atoms with E-state index in [1.165, 1.54) is 16.8 Å². The van der Waals surface area contributed by atoms with Crippen molar-refractivity contribution >= 4 is 0 Å². The number of aromatic nitrogens is 2. The van der Waals surface area contributed by atoms with Crippen LogP contribution in [0.2, 0.25) is 0 Å². The molecule has 7 heteroatoms. The molecule has 1 heterocycles. The van der Waals surface area contributed by atoms with Crippen LogP contribution < -0.4 is 11.2 Å². The predicted molar refractivity (Wildman–Crippen MR) is 62.2 cm³/mol. The normalized spacial score (nSPS) is 35.9. The molecule has 1 fully saturated rings. The topological polar surface area (TPSA) is 116 Å². The third-order valence-electron chi connectivity index (χ3n) is 3.68. The van der Waals surface area contributed by atoms with Crippen LogP contribution in [0.5, 0.6) is 0 Å². The minimum absolute atomic E-state index is 0.248. The van der Waals surface area contributed by atoms with E-state index in [9.17, 15) is 24.9 Å². The standard InChI is InChI=1S/C11H16N2O5/c1-11(5-14)4-6(8(16)9(11)17)13-3-2-7(15)12-10(13)18/h2-3,6,8-9,14,16-17H,4-5H2,1H3,(H,12,15,18)/t6-,8?,9-,11-/m1/s1. The molecule has 7 nitrogen and oxygen atoms in total.